The van der Waals surface area contributed by atoms with Gasteiger partial charge in [0.2, 0.25) is 0 Å². The van der Waals surface area contributed by atoms with Gasteiger partial charge in [0.25, 0.3) is 5.91 Å². The third kappa shape index (κ3) is 2.47. The van der Waals surface area contributed by atoms with Crippen LogP contribution >= 0.6 is 0 Å². The van der Waals surface area contributed by atoms with Crippen LogP contribution in [0.4, 0.5) is 5.69 Å². The highest BCUT2D eigenvalue weighted by atomic mass is 16.5. The van der Waals surface area contributed by atoms with E-state index in [4.69, 9.17) is 4.74 Å². The second-order valence-corrected chi connectivity index (χ2v) is 5.27. The van der Waals surface area contributed by atoms with E-state index in [0.29, 0.717) is 17.8 Å². The number of para-hydroxylation sites is 1. The van der Waals surface area contributed by atoms with Gasteiger partial charge in [-0.1, -0.05) is 18.2 Å². The van der Waals surface area contributed by atoms with E-state index >= 15 is 0 Å². The van der Waals surface area contributed by atoms with Crippen LogP contribution in [0, 0.1) is 6.92 Å². The summed E-state index contributed by atoms with van der Waals surface area (Å²) in [6.07, 6.45) is 2.28. The van der Waals surface area contributed by atoms with Crippen molar-refractivity contribution >= 4 is 17.6 Å². The van der Waals surface area contributed by atoms with Crippen LogP contribution in [0.2, 0.25) is 0 Å². The maximum absolute atomic E-state index is 12.3. The molecule has 6 heteroatoms. The topological polar surface area (TPSA) is 64.4 Å². The first kappa shape index (κ1) is 14.3. The molecule has 22 heavy (non-hydrogen) atoms. The molecule has 0 N–H and O–H groups in total. The van der Waals surface area contributed by atoms with Gasteiger partial charge in [-0.3, -0.25) is 9.48 Å². The Morgan fingerprint density at radius 3 is 2.82 bits per heavy atom. The van der Waals surface area contributed by atoms with Crippen molar-refractivity contribution in [3.05, 3.63) is 47.3 Å². The lowest BCUT2D eigenvalue weighted by Crippen LogP contribution is -2.33. The molecule has 1 aliphatic heterocycles. The lowest BCUT2D eigenvalue weighted by Gasteiger charge is -2.17. The van der Waals surface area contributed by atoms with Crippen molar-refractivity contribution in [3.63, 3.8) is 0 Å². The molecule has 0 aliphatic carbocycles. The number of anilines is 1. The third-order valence-corrected chi connectivity index (χ3v) is 3.97. The Morgan fingerprint density at radius 2 is 2.09 bits per heavy atom. The Hall–Kier alpha value is -2.63. The number of hydrogen-bond donors (Lipinski definition) is 0. The van der Waals surface area contributed by atoms with Crippen LogP contribution in [-0.2, 0) is 23.0 Å². The van der Waals surface area contributed by atoms with Gasteiger partial charge in [0.15, 0.2) is 6.61 Å². The first-order chi connectivity index (χ1) is 10.6. The summed E-state index contributed by atoms with van der Waals surface area (Å²) in [6.45, 7) is 2.14. The Bertz CT molecular complexity index is 736. The van der Waals surface area contributed by atoms with Crippen molar-refractivity contribution in [2.24, 2.45) is 7.05 Å². The molecule has 0 unspecified atom stereocenters. The van der Waals surface area contributed by atoms with Gasteiger partial charge >= 0.3 is 5.97 Å². The number of esters is 1. The summed E-state index contributed by atoms with van der Waals surface area (Å²) in [6, 6.07) is 7.77. The Labute approximate surface area is 128 Å². The molecule has 2 aromatic rings. The highest BCUT2D eigenvalue weighted by Crippen LogP contribution is 2.27. The van der Waals surface area contributed by atoms with Crippen LogP contribution in [-0.4, -0.2) is 34.8 Å². The molecule has 1 aromatic heterocycles. The SMILES string of the molecule is Cc1c(C(=O)OCC(=O)N2CCc3ccccc32)cnn1C. The number of amides is 1. The van der Waals surface area contributed by atoms with Crippen LogP contribution in [0.1, 0.15) is 21.6 Å². The second-order valence-electron chi connectivity index (χ2n) is 5.27. The lowest BCUT2D eigenvalue weighted by atomic mass is 10.2. The van der Waals surface area contributed by atoms with E-state index in [1.807, 2.05) is 24.3 Å². The molecule has 0 atom stereocenters. The molecule has 0 saturated heterocycles. The molecule has 2 heterocycles. The summed E-state index contributed by atoms with van der Waals surface area (Å²) in [4.78, 5) is 25.9. The summed E-state index contributed by atoms with van der Waals surface area (Å²) in [5, 5.41) is 3.99. The zero-order valence-electron chi connectivity index (χ0n) is 12.6. The van der Waals surface area contributed by atoms with Gasteiger partial charge in [0, 0.05) is 25.0 Å². The molecule has 1 amide bonds. The number of aryl methyl sites for hydroxylation is 1. The number of hydrogen-bond acceptors (Lipinski definition) is 4. The molecule has 0 bridgehead atoms. The summed E-state index contributed by atoms with van der Waals surface area (Å²) in [5.41, 5.74) is 3.15. The number of rotatable bonds is 3. The van der Waals surface area contributed by atoms with E-state index in [2.05, 4.69) is 5.10 Å². The van der Waals surface area contributed by atoms with Crippen molar-refractivity contribution < 1.29 is 14.3 Å². The standard InChI is InChI=1S/C16H17N3O3/c1-11-13(9-17-18(11)2)16(21)22-10-15(20)19-8-7-12-5-3-4-6-14(12)19/h3-6,9H,7-8,10H2,1-2H3. The van der Waals surface area contributed by atoms with Crippen LogP contribution in [0.5, 0.6) is 0 Å². The quantitative estimate of drug-likeness (QED) is 0.805. The van der Waals surface area contributed by atoms with Gasteiger partial charge in [0.05, 0.1) is 6.20 Å². The van der Waals surface area contributed by atoms with Crippen molar-refractivity contribution in [2.45, 2.75) is 13.3 Å². The molecule has 0 fully saturated rings. The van der Waals surface area contributed by atoms with E-state index in [9.17, 15) is 9.59 Å². The lowest BCUT2D eigenvalue weighted by molar-refractivity contribution is -0.121. The van der Waals surface area contributed by atoms with Gasteiger partial charge < -0.3 is 9.64 Å². The normalized spacial score (nSPS) is 13.1. The van der Waals surface area contributed by atoms with E-state index < -0.39 is 5.97 Å². The molecule has 1 aliphatic rings. The monoisotopic (exact) mass is 299 g/mol. The van der Waals surface area contributed by atoms with Gasteiger partial charge in [-0.25, -0.2) is 4.79 Å². The highest BCUT2D eigenvalue weighted by Gasteiger charge is 2.25. The zero-order valence-corrected chi connectivity index (χ0v) is 12.6. The first-order valence-electron chi connectivity index (χ1n) is 7.12. The largest absolute Gasteiger partial charge is 0.452 e. The summed E-state index contributed by atoms with van der Waals surface area (Å²) < 4.78 is 6.72. The Morgan fingerprint density at radius 1 is 1.32 bits per heavy atom. The first-order valence-corrected chi connectivity index (χ1v) is 7.12. The predicted octanol–water partition coefficient (Wildman–Crippen LogP) is 1.47. The molecule has 3 rings (SSSR count). The number of aromatic nitrogens is 2. The second kappa shape index (κ2) is 5.63. The predicted molar refractivity (Wildman–Crippen MR) is 80.7 cm³/mol. The third-order valence-electron chi connectivity index (χ3n) is 3.97. The maximum atomic E-state index is 12.3. The molecular weight excluding hydrogens is 282 g/mol. The van der Waals surface area contributed by atoms with Crippen LogP contribution in [0.25, 0.3) is 0 Å². The van der Waals surface area contributed by atoms with E-state index in [0.717, 1.165) is 17.7 Å². The smallest absolute Gasteiger partial charge is 0.342 e. The number of benzene rings is 1. The van der Waals surface area contributed by atoms with Gasteiger partial charge in [-0.2, -0.15) is 5.10 Å². The molecular formula is C16H17N3O3. The number of carbonyl (C=O) groups excluding carboxylic acids is 2. The van der Waals surface area contributed by atoms with Gasteiger partial charge in [-0.05, 0) is 25.0 Å². The zero-order chi connectivity index (χ0) is 15.7. The van der Waals surface area contributed by atoms with Crippen LogP contribution < -0.4 is 4.90 Å². The van der Waals surface area contributed by atoms with E-state index in [1.54, 1.807) is 23.6 Å². The minimum Gasteiger partial charge on any atom is -0.452 e. The fourth-order valence-electron chi connectivity index (χ4n) is 2.58. The minimum atomic E-state index is -0.522. The Balaban J connectivity index is 1.64. The molecule has 1 aromatic carbocycles. The average Bonchev–Trinajstić information content (AvgIpc) is 3.09. The molecule has 0 spiro atoms. The number of nitrogens with zero attached hydrogens (tertiary/aromatic N) is 3. The minimum absolute atomic E-state index is 0.208. The number of ether oxygens (including phenoxy) is 1. The summed E-state index contributed by atoms with van der Waals surface area (Å²) in [7, 11) is 1.75. The number of fused-ring (bicyclic) bond motifs is 1. The number of carbonyl (C=O) groups is 2. The highest BCUT2D eigenvalue weighted by molar-refractivity contribution is 5.98. The average molecular weight is 299 g/mol. The molecule has 114 valence electrons. The van der Waals surface area contributed by atoms with Gasteiger partial charge in [0.1, 0.15) is 5.56 Å². The van der Waals surface area contributed by atoms with Crippen molar-refractivity contribution in [3.8, 4) is 0 Å². The Kier molecular flexibility index (Phi) is 3.66. The fourth-order valence-corrected chi connectivity index (χ4v) is 2.58. The van der Waals surface area contributed by atoms with E-state index in [-0.39, 0.29) is 12.5 Å². The van der Waals surface area contributed by atoms with E-state index in [1.165, 1.54) is 6.20 Å². The van der Waals surface area contributed by atoms with Crippen LogP contribution in [0.15, 0.2) is 30.5 Å². The summed E-state index contributed by atoms with van der Waals surface area (Å²) >= 11 is 0. The van der Waals surface area contributed by atoms with Crippen molar-refractivity contribution in [1.82, 2.24) is 9.78 Å². The molecule has 6 nitrogen and oxygen atoms in total. The van der Waals surface area contributed by atoms with Crippen LogP contribution in [0.3, 0.4) is 0 Å². The molecule has 0 saturated carbocycles. The van der Waals surface area contributed by atoms with Gasteiger partial charge in [-0.15, -0.1) is 0 Å². The van der Waals surface area contributed by atoms with Crippen molar-refractivity contribution in [2.75, 3.05) is 18.1 Å². The fraction of sp³-hybridized carbons (Fsp3) is 0.312. The maximum Gasteiger partial charge on any atom is 0.342 e. The summed E-state index contributed by atoms with van der Waals surface area (Å²) in [5.74, 6) is -0.730. The molecule has 0 radical (unpaired) electrons. The van der Waals surface area contributed by atoms with Crippen molar-refractivity contribution in [1.29, 1.82) is 0 Å².